The molecule has 0 spiro atoms. The zero-order chi connectivity index (χ0) is 15.9. The zero-order valence-corrected chi connectivity index (χ0v) is 14.8. The average molecular weight is 355 g/mol. The number of para-hydroxylation sites is 2. The highest BCUT2D eigenvalue weighted by Crippen LogP contribution is 2.25. The number of rotatable bonds is 6. The van der Waals surface area contributed by atoms with Crippen molar-refractivity contribution in [2.45, 2.75) is 50.7 Å². The van der Waals surface area contributed by atoms with Crippen molar-refractivity contribution < 1.29 is 14.3 Å². The fraction of sp³-hybridized carbons (Fsp3) is 0.611. The highest BCUT2D eigenvalue weighted by Gasteiger charge is 2.19. The van der Waals surface area contributed by atoms with Gasteiger partial charge < -0.3 is 20.1 Å². The van der Waals surface area contributed by atoms with Gasteiger partial charge in [0.15, 0.2) is 0 Å². The molecule has 2 N–H and O–H groups in total. The summed E-state index contributed by atoms with van der Waals surface area (Å²) >= 11 is 0. The first-order chi connectivity index (χ1) is 11.3. The maximum Gasteiger partial charge on any atom is 0.226 e. The number of ether oxygens (including phenoxy) is 2. The lowest BCUT2D eigenvalue weighted by Crippen LogP contribution is -2.28. The first-order valence-electron chi connectivity index (χ1n) is 8.68. The Bertz CT molecular complexity index is 515. The summed E-state index contributed by atoms with van der Waals surface area (Å²) < 4.78 is 11.6. The van der Waals surface area contributed by atoms with Crippen LogP contribution in [0.15, 0.2) is 24.3 Å². The van der Waals surface area contributed by atoms with Crippen molar-refractivity contribution in [1.82, 2.24) is 5.32 Å². The fourth-order valence-electron chi connectivity index (χ4n) is 3.17. The minimum atomic E-state index is 0. The molecule has 0 aromatic heterocycles. The van der Waals surface area contributed by atoms with Crippen LogP contribution in [0.25, 0.3) is 0 Å². The SMILES string of the molecule is Cl.O=C(CC1CCCN1)Nc1ccccc1OCC1CCCCO1. The molecule has 2 aliphatic rings. The van der Waals surface area contributed by atoms with E-state index < -0.39 is 0 Å². The van der Waals surface area contributed by atoms with E-state index in [4.69, 9.17) is 9.47 Å². The standard InChI is InChI=1S/C18H26N2O3.ClH/c21-18(12-14-6-5-10-19-14)20-16-8-1-2-9-17(16)23-13-15-7-3-4-11-22-15;/h1-2,8-9,14-15,19H,3-7,10-13H2,(H,20,21);1H. The third kappa shape index (κ3) is 5.65. The molecular weight excluding hydrogens is 328 g/mol. The molecule has 1 aromatic carbocycles. The van der Waals surface area contributed by atoms with Gasteiger partial charge in [-0.2, -0.15) is 0 Å². The largest absolute Gasteiger partial charge is 0.489 e. The van der Waals surface area contributed by atoms with E-state index in [1.165, 1.54) is 6.42 Å². The summed E-state index contributed by atoms with van der Waals surface area (Å²) in [6.07, 6.45) is 6.28. The summed E-state index contributed by atoms with van der Waals surface area (Å²) in [6, 6.07) is 7.92. The van der Waals surface area contributed by atoms with Gasteiger partial charge in [-0.3, -0.25) is 4.79 Å². The van der Waals surface area contributed by atoms with Gasteiger partial charge >= 0.3 is 0 Å². The molecule has 0 bridgehead atoms. The van der Waals surface area contributed by atoms with Crippen LogP contribution >= 0.6 is 12.4 Å². The molecule has 0 saturated carbocycles. The van der Waals surface area contributed by atoms with Crippen LogP contribution < -0.4 is 15.4 Å². The van der Waals surface area contributed by atoms with E-state index in [2.05, 4.69) is 10.6 Å². The Balaban J connectivity index is 0.00000208. The Morgan fingerprint density at radius 3 is 2.88 bits per heavy atom. The average Bonchev–Trinajstić information content (AvgIpc) is 3.08. The van der Waals surface area contributed by atoms with Crippen molar-refractivity contribution >= 4 is 24.0 Å². The molecule has 1 amide bonds. The van der Waals surface area contributed by atoms with Crippen molar-refractivity contribution in [1.29, 1.82) is 0 Å². The molecule has 6 heteroatoms. The normalized spacial score (nSPS) is 23.3. The van der Waals surface area contributed by atoms with Crippen LogP contribution in [-0.2, 0) is 9.53 Å². The number of benzene rings is 1. The first kappa shape index (κ1) is 19.0. The summed E-state index contributed by atoms with van der Waals surface area (Å²) in [4.78, 5) is 12.2. The molecule has 2 aliphatic heterocycles. The Morgan fingerprint density at radius 1 is 1.25 bits per heavy atom. The van der Waals surface area contributed by atoms with E-state index in [9.17, 15) is 4.79 Å². The highest BCUT2D eigenvalue weighted by molar-refractivity contribution is 5.92. The van der Waals surface area contributed by atoms with Crippen LogP contribution in [0.3, 0.4) is 0 Å². The summed E-state index contributed by atoms with van der Waals surface area (Å²) in [5.41, 5.74) is 0.742. The zero-order valence-electron chi connectivity index (χ0n) is 14.0. The van der Waals surface area contributed by atoms with Crippen molar-refractivity contribution in [3.05, 3.63) is 24.3 Å². The molecule has 24 heavy (non-hydrogen) atoms. The Labute approximate surface area is 149 Å². The Kier molecular flexibility index (Phi) is 7.82. The molecule has 2 saturated heterocycles. The van der Waals surface area contributed by atoms with Gasteiger partial charge in [-0.1, -0.05) is 12.1 Å². The second-order valence-corrected chi connectivity index (χ2v) is 6.34. The number of nitrogens with one attached hydrogen (secondary N) is 2. The van der Waals surface area contributed by atoms with Gasteiger partial charge in [0.05, 0.1) is 11.8 Å². The van der Waals surface area contributed by atoms with E-state index in [1.807, 2.05) is 24.3 Å². The third-order valence-corrected chi connectivity index (χ3v) is 4.45. The number of amides is 1. The molecule has 5 nitrogen and oxygen atoms in total. The molecule has 2 unspecified atom stereocenters. The number of halogens is 1. The number of anilines is 1. The molecule has 0 aliphatic carbocycles. The second-order valence-electron chi connectivity index (χ2n) is 6.34. The van der Waals surface area contributed by atoms with Crippen molar-refractivity contribution in [3.63, 3.8) is 0 Å². The molecule has 2 atom stereocenters. The van der Waals surface area contributed by atoms with Crippen molar-refractivity contribution in [2.75, 3.05) is 25.1 Å². The van der Waals surface area contributed by atoms with Gasteiger partial charge in [-0.25, -0.2) is 0 Å². The molecule has 1 aromatic rings. The fourth-order valence-corrected chi connectivity index (χ4v) is 3.17. The first-order valence-corrected chi connectivity index (χ1v) is 8.68. The lowest BCUT2D eigenvalue weighted by molar-refractivity contribution is -0.116. The molecule has 0 radical (unpaired) electrons. The summed E-state index contributed by atoms with van der Waals surface area (Å²) in [7, 11) is 0. The van der Waals surface area contributed by atoms with E-state index in [-0.39, 0.29) is 24.4 Å². The number of hydrogen-bond acceptors (Lipinski definition) is 4. The predicted octanol–water partition coefficient (Wildman–Crippen LogP) is 3.14. The maximum absolute atomic E-state index is 12.2. The van der Waals surface area contributed by atoms with Crippen molar-refractivity contribution in [3.8, 4) is 5.75 Å². The van der Waals surface area contributed by atoms with E-state index in [0.717, 1.165) is 50.3 Å². The number of hydrogen-bond donors (Lipinski definition) is 2. The molecular formula is C18H27ClN2O3. The van der Waals surface area contributed by atoms with Crippen LogP contribution in [0.2, 0.25) is 0 Å². The van der Waals surface area contributed by atoms with E-state index in [1.54, 1.807) is 0 Å². The van der Waals surface area contributed by atoms with Crippen LogP contribution in [0, 0.1) is 0 Å². The Hall–Kier alpha value is -1.30. The highest BCUT2D eigenvalue weighted by atomic mass is 35.5. The van der Waals surface area contributed by atoms with E-state index >= 15 is 0 Å². The second kappa shape index (κ2) is 9.87. The van der Waals surface area contributed by atoms with Gasteiger partial charge in [0.1, 0.15) is 12.4 Å². The number of carbonyl (C=O) groups is 1. The van der Waals surface area contributed by atoms with Gasteiger partial charge in [-0.15, -0.1) is 12.4 Å². The Morgan fingerprint density at radius 2 is 2.12 bits per heavy atom. The summed E-state index contributed by atoms with van der Waals surface area (Å²) in [5, 5.41) is 6.33. The predicted molar refractivity (Wildman–Crippen MR) is 97.0 cm³/mol. The van der Waals surface area contributed by atoms with Crippen molar-refractivity contribution in [2.24, 2.45) is 0 Å². The molecule has 2 heterocycles. The van der Waals surface area contributed by atoms with Gasteiger partial charge in [0, 0.05) is 19.1 Å². The van der Waals surface area contributed by atoms with Gasteiger partial charge in [0.25, 0.3) is 0 Å². The summed E-state index contributed by atoms with van der Waals surface area (Å²) in [6.45, 7) is 2.37. The van der Waals surface area contributed by atoms with Gasteiger partial charge in [0.2, 0.25) is 5.91 Å². The third-order valence-electron chi connectivity index (χ3n) is 4.45. The quantitative estimate of drug-likeness (QED) is 0.824. The van der Waals surface area contributed by atoms with Crippen LogP contribution in [0.5, 0.6) is 5.75 Å². The lowest BCUT2D eigenvalue weighted by atomic mass is 10.1. The molecule has 3 rings (SSSR count). The maximum atomic E-state index is 12.2. The number of carbonyl (C=O) groups excluding carboxylic acids is 1. The van der Waals surface area contributed by atoms with E-state index in [0.29, 0.717) is 19.1 Å². The van der Waals surface area contributed by atoms with Crippen LogP contribution in [0.4, 0.5) is 5.69 Å². The van der Waals surface area contributed by atoms with Gasteiger partial charge in [-0.05, 0) is 50.8 Å². The lowest BCUT2D eigenvalue weighted by Gasteiger charge is -2.23. The smallest absolute Gasteiger partial charge is 0.226 e. The molecule has 2 fully saturated rings. The summed E-state index contributed by atoms with van der Waals surface area (Å²) in [5.74, 6) is 0.753. The topological polar surface area (TPSA) is 59.6 Å². The minimum Gasteiger partial charge on any atom is -0.489 e. The van der Waals surface area contributed by atoms with Crippen LogP contribution in [0.1, 0.15) is 38.5 Å². The molecule has 134 valence electrons. The minimum absolute atomic E-state index is 0. The van der Waals surface area contributed by atoms with Crippen LogP contribution in [-0.4, -0.2) is 37.8 Å². The monoisotopic (exact) mass is 354 g/mol.